The monoisotopic (exact) mass is 370 g/mol. The summed E-state index contributed by atoms with van der Waals surface area (Å²) in [5, 5.41) is 2.82. The Morgan fingerprint density at radius 3 is 1.32 bits per heavy atom. The van der Waals surface area contributed by atoms with Crippen LogP contribution in [0.15, 0.2) is 42.5 Å². The molecule has 0 amide bonds. The van der Waals surface area contributed by atoms with Crippen LogP contribution in [0.3, 0.4) is 0 Å². The molecule has 0 spiro atoms. The van der Waals surface area contributed by atoms with Crippen molar-refractivity contribution in [2.45, 2.75) is 78.6 Å². The van der Waals surface area contributed by atoms with Gasteiger partial charge in [-0.2, -0.15) is 0 Å². The number of rotatable bonds is 0. The molecule has 0 N–H and O–H groups in total. The maximum absolute atomic E-state index is 2.45. The van der Waals surface area contributed by atoms with E-state index in [2.05, 4.69) is 105 Å². The minimum atomic E-state index is 0.132. The van der Waals surface area contributed by atoms with Gasteiger partial charge < -0.3 is 0 Å². The molecule has 3 aromatic carbocycles. The zero-order chi connectivity index (χ0) is 20.6. The first-order valence-corrected chi connectivity index (χ1v) is 10.5. The molecule has 0 saturated heterocycles. The summed E-state index contributed by atoms with van der Waals surface area (Å²) in [4.78, 5) is 0. The third-order valence-electron chi connectivity index (χ3n) is 6.25. The van der Waals surface area contributed by atoms with Gasteiger partial charge in [-0.25, -0.2) is 0 Å². The first-order chi connectivity index (χ1) is 12.8. The van der Waals surface area contributed by atoms with Gasteiger partial charge in [0.15, 0.2) is 0 Å². The summed E-state index contributed by atoms with van der Waals surface area (Å²) in [7, 11) is 0. The van der Waals surface area contributed by atoms with E-state index in [4.69, 9.17) is 0 Å². The van der Waals surface area contributed by atoms with Crippen LogP contribution >= 0.6 is 0 Å². The van der Waals surface area contributed by atoms with Crippen LogP contribution in [0, 0.1) is 0 Å². The van der Waals surface area contributed by atoms with Crippen molar-refractivity contribution in [3.8, 4) is 22.3 Å². The van der Waals surface area contributed by atoms with Crippen LogP contribution in [0.1, 0.15) is 79.0 Å². The van der Waals surface area contributed by atoms with E-state index in [-0.39, 0.29) is 16.2 Å². The van der Waals surface area contributed by atoms with E-state index in [9.17, 15) is 0 Å². The largest absolute Gasteiger partial charge is 0.0578 e. The third kappa shape index (κ3) is 2.98. The minimum Gasteiger partial charge on any atom is -0.0578 e. The lowest BCUT2D eigenvalue weighted by Gasteiger charge is -2.23. The predicted molar refractivity (Wildman–Crippen MR) is 124 cm³/mol. The van der Waals surface area contributed by atoms with E-state index in [0.29, 0.717) is 0 Å². The van der Waals surface area contributed by atoms with Gasteiger partial charge in [-0.1, -0.05) is 86.6 Å². The lowest BCUT2D eigenvalue weighted by molar-refractivity contribution is 0.589. The third-order valence-corrected chi connectivity index (χ3v) is 6.25. The van der Waals surface area contributed by atoms with Crippen molar-refractivity contribution in [1.82, 2.24) is 0 Å². The second-order valence-corrected chi connectivity index (χ2v) is 11.7. The second kappa shape index (κ2) is 5.72. The smallest absolute Gasteiger partial charge is 0.00260 e. The molecule has 0 heterocycles. The van der Waals surface area contributed by atoms with Crippen LogP contribution in [0.5, 0.6) is 0 Å². The molecule has 0 unspecified atom stereocenters. The number of hydrogen-bond donors (Lipinski definition) is 0. The van der Waals surface area contributed by atoms with Crippen molar-refractivity contribution < 1.29 is 0 Å². The Kier molecular flexibility index (Phi) is 3.93. The van der Waals surface area contributed by atoms with Gasteiger partial charge in [0.25, 0.3) is 0 Å². The zero-order valence-corrected chi connectivity index (χ0v) is 19.0. The van der Waals surface area contributed by atoms with Gasteiger partial charge >= 0.3 is 0 Å². The Bertz CT molecular complexity index is 1080. The highest BCUT2D eigenvalue weighted by molar-refractivity contribution is 6.16. The summed E-state index contributed by atoms with van der Waals surface area (Å²) >= 11 is 0. The fraction of sp³-hybridized carbons (Fsp3) is 0.429. The molecule has 1 aliphatic rings. The van der Waals surface area contributed by atoms with Crippen molar-refractivity contribution in [2.75, 3.05) is 0 Å². The summed E-state index contributed by atoms with van der Waals surface area (Å²) in [6.07, 6.45) is 0. The molecular formula is C28H34. The normalized spacial score (nSPS) is 13.9. The van der Waals surface area contributed by atoms with Crippen LogP contribution in [-0.2, 0) is 16.2 Å². The Morgan fingerprint density at radius 1 is 0.429 bits per heavy atom. The molecule has 0 atom stereocenters. The van der Waals surface area contributed by atoms with Crippen LogP contribution in [0.4, 0.5) is 0 Å². The molecule has 0 aliphatic heterocycles. The van der Waals surface area contributed by atoms with E-state index < -0.39 is 0 Å². The molecular weight excluding hydrogens is 336 g/mol. The number of benzene rings is 3. The van der Waals surface area contributed by atoms with E-state index in [1.54, 1.807) is 0 Å². The molecule has 0 radical (unpaired) electrons. The molecule has 0 nitrogen and oxygen atoms in total. The highest BCUT2D eigenvalue weighted by atomic mass is 14.3. The second-order valence-electron chi connectivity index (χ2n) is 11.7. The summed E-state index contributed by atoms with van der Waals surface area (Å²) in [6.45, 7) is 20.8. The lowest BCUT2D eigenvalue weighted by Crippen LogP contribution is -2.12. The van der Waals surface area contributed by atoms with E-state index in [0.717, 1.165) is 0 Å². The molecule has 0 aromatic heterocycles. The topological polar surface area (TPSA) is 0 Å². The predicted octanol–water partition coefficient (Wildman–Crippen LogP) is 8.38. The maximum Gasteiger partial charge on any atom is -0.00260 e. The van der Waals surface area contributed by atoms with Crippen molar-refractivity contribution in [1.29, 1.82) is 0 Å². The van der Waals surface area contributed by atoms with Crippen molar-refractivity contribution in [2.24, 2.45) is 0 Å². The number of hydrogen-bond acceptors (Lipinski definition) is 0. The Balaban J connectivity index is 2.11. The average molecular weight is 371 g/mol. The quantitative estimate of drug-likeness (QED) is 0.291. The van der Waals surface area contributed by atoms with Gasteiger partial charge in [0.05, 0.1) is 0 Å². The molecule has 28 heavy (non-hydrogen) atoms. The average Bonchev–Trinajstić information content (AvgIpc) is 2.87. The molecule has 0 saturated carbocycles. The summed E-state index contributed by atoms with van der Waals surface area (Å²) < 4.78 is 0. The van der Waals surface area contributed by atoms with E-state index >= 15 is 0 Å². The highest BCUT2D eigenvalue weighted by Crippen LogP contribution is 2.50. The Labute approximate surface area is 171 Å². The highest BCUT2D eigenvalue weighted by Gasteiger charge is 2.28. The van der Waals surface area contributed by atoms with Crippen LogP contribution in [0.2, 0.25) is 0 Å². The van der Waals surface area contributed by atoms with Gasteiger partial charge in [0.2, 0.25) is 0 Å². The summed E-state index contributed by atoms with van der Waals surface area (Å²) in [5.41, 5.74) is 10.3. The van der Waals surface area contributed by atoms with Gasteiger partial charge in [-0.3, -0.25) is 0 Å². The SMILES string of the molecule is CC(C)(C)c1ccc2c(c1)-c1cc(C(C)(C)C)cc3cc(C(C)(C)C)cc-2c13. The van der Waals surface area contributed by atoms with E-state index in [1.165, 1.54) is 49.7 Å². The standard InChI is InChI=1S/C28H34/c1-26(2,3)18-10-11-21-22(14-18)24-16-20(28(7,8)9)13-17-12-19(27(4,5)6)15-23(21)25(17)24/h10-16H,1-9H3. The minimum absolute atomic E-state index is 0.132. The van der Waals surface area contributed by atoms with E-state index in [1.807, 2.05) is 0 Å². The van der Waals surface area contributed by atoms with Crippen LogP contribution in [-0.4, -0.2) is 0 Å². The zero-order valence-electron chi connectivity index (χ0n) is 19.0. The molecule has 1 aliphatic carbocycles. The summed E-state index contributed by atoms with van der Waals surface area (Å²) in [6, 6.07) is 16.8. The maximum atomic E-state index is 2.45. The molecule has 0 fully saturated rings. The summed E-state index contributed by atoms with van der Waals surface area (Å²) in [5.74, 6) is 0. The molecule has 0 bridgehead atoms. The fourth-order valence-corrected chi connectivity index (χ4v) is 4.28. The first kappa shape index (κ1) is 19.2. The van der Waals surface area contributed by atoms with Crippen molar-refractivity contribution >= 4 is 10.8 Å². The van der Waals surface area contributed by atoms with Gasteiger partial charge in [0.1, 0.15) is 0 Å². The van der Waals surface area contributed by atoms with Gasteiger partial charge in [-0.15, -0.1) is 0 Å². The van der Waals surface area contributed by atoms with Crippen molar-refractivity contribution in [3.63, 3.8) is 0 Å². The fourth-order valence-electron chi connectivity index (χ4n) is 4.28. The molecule has 3 aromatic rings. The molecule has 0 heteroatoms. The molecule has 4 rings (SSSR count). The van der Waals surface area contributed by atoms with Crippen molar-refractivity contribution in [3.05, 3.63) is 59.2 Å². The van der Waals surface area contributed by atoms with Gasteiger partial charge in [-0.05, 0) is 84.2 Å². The van der Waals surface area contributed by atoms with Crippen LogP contribution < -0.4 is 0 Å². The first-order valence-electron chi connectivity index (χ1n) is 10.5. The van der Waals surface area contributed by atoms with Crippen LogP contribution in [0.25, 0.3) is 33.0 Å². The van der Waals surface area contributed by atoms with Gasteiger partial charge in [0, 0.05) is 0 Å². The number of fused-ring (bicyclic) bond motifs is 3. The molecule has 146 valence electrons. The lowest BCUT2D eigenvalue weighted by atomic mass is 9.81. The Hall–Kier alpha value is -2.08. The Morgan fingerprint density at radius 2 is 0.857 bits per heavy atom.